The summed E-state index contributed by atoms with van der Waals surface area (Å²) in [5.74, 6) is -0.740. The van der Waals surface area contributed by atoms with E-state index >= 15 is 0 Å². The fourth-order valence-corrected chi connectivity index (χ4v) is 2.87. The molecule has 2 aromatic rings. The summed E-state index contributed by atoms with van der Waals surface area (Å²) in [4.78, 5) is 11.9. The van der Waals surface area contributed by atoms with Gasteiger partial charge in [-0.1, -0.05) is 6.92 Å². The summed E-state index contributed by atoms with van der Waals surface area (Å²) in [7, 11) is -3.62. The molecule has 0 saturated heterocycles. The monoisotopic (exact) mass is 339 g/mol. The summed E-state index contributed by atoms with van der Waals surface area (Å²) in [6.45, 7) is 8.00. The van der Waals surface area contributed by atoms with Crippen molar-refractivity contribution in [1.29, 1.82) is 0 Å². The Morgan fingerprint density at radius 2 is 2.09 bits per heavy atom. The molecule has 0 saturated carbocycles. The first-order valence-corrected chi connectivity index (χ1v) is 9.16. The van der Waals surface area contributed by atoms with E-state index in [9.17, 15) is 13.2 Å². The molecule has 1 amide bonds. The maximum atomic E-state index is 11.9. The number of hydrogen-bond donors (Lipinski definition) is 2. The highest BCUT2D eigenvalue weighted by atomic mass is 32.2. The number of hydrogen-bond acceptors (Lipinski definition) is 5. The van der Waals surface area contributed by atoms with Crippen molar-refractivity contribution in [3.63, 3.8) is 0 Å². The number of carbonyl (C=O) groups is 1. The van der Waals surface area contributed by atoms with Crippen LogP contribution in [0.25, 0.3) is 11.3 Å². The van der Waals surface area contributed by atoms with Crippen molar-refractivity contribution in [1.82, 2.24) is 24.7 Å². The van der Waals surface area contributed by atoms with Crippen molar-refractivity contribution in [3.8, 4) is 11.3 Å². The van der Waals surface area contributed by atoms with Gasteiger partial charge in [-0.3, -0.25) is 14.6 Å². The highest BCUT2D eigenvalue weighted by Gasteiger charge is 2.20. The van der Waals surface area contributed by atoms with E-state index in [4.69, 9.17) is 0 Å². The third-order valence-corrected chi connectivity index (χ3v) is 4.25. The topological polar surface area (TPSA) is 110 Å². The van der Waals surface area contributed by atoms with Gasteiger partial charge in [-0.15, -0.1) is 0 Å². The summed E-state index contributed by atoms with van der Waals surface area (Å²) in [5, 5.41) is 11.2. The molecule has 1 atom stereocenters. The number of aromatic amines is 1. The minimum Gasteiger partial charge on any atom is -0.272 e. The molecule has 1 unspecified atom stereocenters. The highest BCUT2D eigenvalue weighted by Crippen LogP contribution is 2.28. The van der Waals surface area contributed by atoms with E-state index in [2.05, 4.69) is 29.1 Å². The first-order chi connectivity index (χ1) is 10.6. The Morgan fingerprint density at radius 3 is 2.65 bits per heavy atom. The number of aryl methyl sites for hydroxylation is 1. The Kier molecular flexibility index (Phi) is 4.60. The molecule has 0 aliphatic rings. The van der Waals surface area contributed by atoms with Crippen molar-refractivity contribution in [2.24, 2.45) is 0 Å². The molecule has 0 aliphatic heterocycles. The van der Waals surface area contributed by atoms with Crippen molar-refractivity contribution in [2.45, 2.75) is 40.2 Å². The Morgan fingerprint density at radius 1 is 1.43 bits per heavy atom. The third-order valence-electron chi connectivity index (χ3n) is 3.69. The van der Waals surface area contributed by atoms with Crippen LogP contribution in [0.5, 0.6) is 0 Å². The molecule has 23 heavy (non-hydrogen) atoms. The summed E-state index contributed by atoms with van der Waals surface area (Å²) < 4.78 is 26.1. The molecular formula is C14H21N5O3S. The number of sulfonamides is 1. The predicted octanol–water partition coefficient (Wildman–Crippen LogP) is 1.55. The van der Waals surface area contributed by atoms with E-state index < -0.39 is 15.9 Å². The maximum absolute atomic E-state index is 11.9. The normalized spacial score (nSPS) is 13.1. The average Bonchev–Trinajstić information content (AvgIpc) is 3.01. The number of nitrogens with zero attached hydrogens (tertiary/aromatic N) is 3. The van der Waals surface area contributed by atoms with Gasteiger partial charge in [-0.2, -0.15) is 10.2 Å². The molecule has 0 spiro atoms. The van der Waals surface area contributed by atoms with Crippen molar-refractivity contribution < 1.29 is 13.2 Å². The molecule has 0 aliphatic carbocycles. The SMILES string of the molecule is CCC(C)n1nc(C)c(-c2cc(C(=O)NS(C)(=O)=O)[nH]n2)c1C. The highest BCUT2D eigenvalue weighted by molar-refractivity contribution is 7.89. The van der Waals surface area contributed by atoms with Gasteiger partial charge in [0.25, 0.3) is 5.91 Å². The van der Waals surface area contributed by atoms with Crippen LogP contribution < -0.4 is 4.72 Å². The van der Waals surface area contributed by atoms with Gasteiger partial charge < -0.3 is 0 Å². The summed E-state index contributed by atoms with van der Waals surface area (Å²) in [6, 6.07) is 1.78. The molecule has 8 nitrogen and oxygen atoms in total. The first kappa shape index (κ1) is 17.2. The lowest BCUT2D eigenvalue weighted by Crippen LogP contribution is -2.29. The molecule has 2 aromatic heterocycles. The molecule has 0 aromatic carbocycles. The fourth-order valence-electron chi connectivity index (χ4n) is 2.43. The Labute approximate surface area is 135 Å². The predicted molar refractivity (Wildman–Crippen MR) is 86.6 cm³/mol. The summed E-state index contributed by atoms with van der Waals surface area (Å²) in [5.41, 5.74) is 3.26. The van der Waals surface area contributed by atoms with E-state index in [1.807, 2.05) is 23.3 Å². The van der Waals surface area contributed by atoms with Gasteiger partial charge in [-0.05, 0) is 33.3 Å². The van der Waals surface area contributed by atoms with Crippen LogP contribution in [0.4, 0.5) is 0 Å². The quantitative estimate of drug-likeness (QED) is 0.859. The van der Waals surface area contributed by atoms with E-state index in [1.165, 1.54) is 6.07 Å². The van der Waals surface area contributed by atoms with E-state index in [1.54, 1.807) is 0 Å². The van der Waals surface area contributed by atoms with Crippen LogP contribution in [0.1, 0.15) is 48.2 Å². The molecule has 2 rings (SSSR count). The van der Waals surface area contributed by atoms with Crippen LogP contribution in [-0.2, 0) is 10.0 Å². The van der Waals surface area contributed by atoms with Gasteiger partial charge in [0.2, 0.25) is 10.0 Å². The number of H-pyrrole nitrogens is 1. The minimum atomic E-state index is -3.62. The molecule has 0 bridgehead atoms. The number of carbonyl (C=O) groups excluding carboxylic acids is 1. The zero-order chi connectivity index (χ0) is 17.4. The second-order valence-corrected chi connectivity index (χ2v) is 7.37. The van der Waals surface area contributed by atoms with Crippen LogP contribution in [0.2, 0.25) is 0 Å². The number of rotatable bonds is 5. The second-order valence-electron chi connectivity index (χ2n) is 5.62. The molecule has 126 valence electrons. The molecule has 0 fully saturated rings. The smallest absolute Gasteiger partial charge is 0.272 e. The van der Waals surface area contributed by atoms with E-state index in [-0.39, 0.29) is 11.7 Å². The van der Waals surface area contributed by atoms with Crippen LogP contribution >= 0.6 is 0 Å². The van der Waals surface area contributed by atoms with Gasteiger partial charge in [-0.25, -0.2) is 13.1 Å². The lowest BCUT2D eigenvalue weighted by atomic mass is 10.1. The van der Waals surface area contributed by atoms with Crippen molar-refractivity contribution in [3.05, 3.63) is 23.1 Å². The van der Waals surface area contributed by atoms with Crippen LogP contribution in [-0.4, -0.2) is 40.6 Å². The van der Waals surface area contributed by atoms with E-state index in [0.717, 1.165) is 29.6 Å². The third kappa shape index (κ3) is 3.61. The molecule has 2 heterocycles. The first-order valence-electron chi connectivity index (χ1n) is 7.27. The number of aromatic nitrogens is 4. The lowest BCUT2D eigenvalue weighted by Gasteiger charge is -2.11. The standard InChI is InChI=1S/C14H21N5O3S/c1-6-8(2)19-10(4)13(9(3)17-19)11-7-12(16-15-11)14(20)18-23(5,21)22/h7-8H,6H2,1-5H3,(H,15,16)(H,18,20). The van der Waals surface area contributed by atoms with Gasteiger partial charge in [0.1, 0.15) is 5.69 Å². The van der Waals surface area contributed by atoms with Gasteiger partial charge >= 0.3 is 0 Å². The zero-order valence-corrected chi connectivity index (χ0v) is 14.7. The molecule has 2 N–H and O–H groups in total. The van der Waals surface area contributed by atoms with Gasteiger partial charge in [0.15, 0.2) is 0 Å². The van der Waals surface area contributed by atoms with Crippen molar-refractivity contribution in [2.75, 3.05) is 6.26 Å². The average molecular weight is 339 g/mol. The Hall–Kier alpha value is -2.16. The van der Waals surface area contributed by atoms with E-state index in [0.29, 0.717) is 5.69 Å². The zero-order valence-electron chi connectivity index (χ0n) is 13.8. The largest absolute Gasteiger partial charge is 0.282 e. The van der Waals surface area contributed by atoms with Crippen LogP contribution in [0, 0.1) is 13.8 Å². The summed E-state index contributed by atoms with van der Waals surface area (Å²) in [6.07, 6.45) is 1.87. The number of amides is 1. The molecule has 9 heteroatoms. The van der Waals surface area contributed by atoms with Crippen LogP contribution in [0.15, 0.2) is 6.07 Å². The maximum Gasteiger partial charge on any atom is 0.282 e. The lowest BCUT2D eigenvalue weighted by molar-refractivity contribution is 0.0977. The minimum absolute atomic E-state index is 0.0838. The van der Waals surface area contributed by atoms with Gasteiger partial charge in [0, 0.05) is 17.3 Å². The second kappa shape index (κ2) is 6.15. The van der Waals surface area contributed by atoms with Gasteiger partial charge in [0.05, 0.1) is 17.6 Å². The summed E-state index contributed by atoms with van der Waals surface area (Å²) >= 11 is 0. The molecule has 0 radical (unpaired) electrons. The molecular weight excluding hydrogens is 318 g/mol. The fraction of sp³-hybridized carbons (Fsp3) is 0.500. The Bertz CT molecular complexity index is 835. The van der Waals surface area contributed by atoms with Crippen LogP contribution in [0.3, 0.4) is 0 Å². The number of nitrogens with one attached hydrogen (secondary N) is 2. The van der Waals surface area contributed by atoms with Crippen molar-refractivity contribution >= 4 is 15.9 Å². The Balaban J connectivity index is 2.38.